The van der Waals surface area contributed by atoms with Crippen LogP contribution in [0.4, 0.5) is 4.79 Å². The zero-order valence-electron chi connectivity index (χ0n) is 2.80. The number of rotatable bonds is 0. The summed E-state index contributed by atoms with van der Waals surface area (Å²) in [7, 11) is 0. The van der Waals surface area contributed by atoms with E-state index in [0.29, 0.717) is 0 Å². The third-order valence-electron chi connectivity index (χ3n) is 0. The molecule has 4 heteroatoms. The van der Waals surface area contributed by atoms with E-state index < -0.39 is 6.16 Å². The molecule has 0 aliphatic heterocycles. The molecular weight excluding hydrogens is 83.0 g/mol. The summed E-state index contributed by atoms with van der Waals surface area (Å²) in [6, 6.07) is 0. The van der Waals surface area contributed by atoms with Gasteiger partial charge in [0.15, 0.2) is 0 Å². The molecule has 0 amide bonds. The molecule has 0 aromatic heterocycles. The fourth-order valence-corrected chi connectivity index (χ4v) is 0. The van der Waals surface area contributed by atoms with Gasteiger partial charge in [0.25, 0.3) is 0 Å². The van der Waals surface area contributed by atoms with Gasteiger partial charge in [0, 0.05) is 29.6 Å². The van der Waals surface area contributed by atoms with Crippen molar-refractivity contribution in [1.82, 2.24) is 0 Å². The van der Waals surface area contributed by atoms with E-state index in [-0.39, 0.29) is 29.6 Å². The van der Waals surface area contributed by atoms with E-state index >= 15 is 0 Å². The van der Waals surface area contributed by atoms with Gasteiger partial charge in [0.2, 0.25) is 0 Å². The van der Waals surface area contributed by atoms with Gasteiger partial charge < -0.3 is 10.2 Å². The molecule has 0 aromatic rings. The van der Waals surface area contributed by atoms with Crippen molar-refractivity contribution in [2.45, 2.75) is 0 Å². The van der Waals surface area contributed by atoms with Crippen molar-refractivity contribution in [2.24, 2.45) is 0 Å². The van der Waals surface area contributed by atoms with Crippen LogP contribution in [0.25, 0.3) is 0 Å². The van der Waals surface area contributed by atoms with Gasteiger partial charge in [-0.2, -0.15) is 0 Å². The van der Waals surface area contributed by atoms with Crippen LogP contribution in [-0.4, -0.2) is 45.9 Å². The van der Waals surface area contributed by atoms with Crippen LogP contribution in [0.15, 0.2) is 0 Å². The van der Waals surface area contributed by atoms with Crippen molar-refractivity contribution >= 4 is 35.7 Å². The summed E-state index contributed by atoms with van der Waals surface area (Å²) in [6.45, 7) is 0. The van der Waals surface area contributed by atoms with Gasteiger partial charge in [-0.25, -0.2) is 4.79 Å². The third kappa shape index (κ3) is 302. The standard InChI is InChI=1S/CH2O3.Na/c2-1(3)4;/h(H2,2,3,4);. The van der Waals surface area contributed by atoms with Gasteiger partial charge in [-0.05, 0) is 0 Å². The van der Waals surface area contributed by atoms with E-state index in [1.54, 1.807) is 0 Å². The van der Waals surface area contributed by atoms with Crippen molar-refractivity contribution < 1.29 is 15.0 Å². The van der Waals surface area contributed by atoms with E-state index in [4.69, 9.17) is 15.0 Å². The topological polar surface area (TPSA) is 57.5 Å². The van der Waals surface area contributed by atoms with Crippen molar-refractivity contribution in [2.75, 3.05) is 0 Å². The molecule has 0 fully saturated rings. The second kappa shape index (κ2) is 4.27. The molecule has 0 rings (SSSR count). The maximum Gasteiger partial charge on any atom is 0.503 e. The smallest absolute Gasteiger partial charge is 0.450 e. The molecule has 0 aliphatic carbocycles. The molecule has 0 saturated carbocycles. The van der Waals surface area contributed by atoms with Crippen molar-refractivity contribution in [3.8, 4) is 0 Å². The van der Waals surface area contributed by atoms with Crippen LogP contribution in [0.5, 0.6) is 0 Å². The molecule has 0 saturated heterocycles. The summed E-state index contributed by atoms with van der Waals surface area (Å²) < 4.78 is 0. The number of hydrogen-bond acceptors (Lipinski definition) is 1. The molecule has 3 nitrogen and oxygen atoms in total. The Morgan fingerprint density at radius 1 is 1.40 bits per heavy atom. The summed E-state index contributed by atoms with van der Waals surface area (Å²) in [6.07, 6.45) is -1.83. The van der Waals surface area contributed by atoms with Crippen LogP contribution in [0.2, 0.25) is 0 Å². The Morgan fingerprint density at radius 3 is 1.40 bits per heavy atom. The maximum atomic E-state index is 8.56. The first kappa shape index (κ1) is 8.99. The first-order valence-corrected chi connectivity index (χ1v) is 0.651. The van der Waals surface area contributed by atoms with E-state index in [9.17, 15) is 0 Å². The van der Waals surface area contributed by atoms with Gasteiger partial charge in [-0.15, -0.1) is 0 Å². The average molecular weight is 85.0 g/mol. The quantitative estimate of drug-likeness (QED) is 0.402. The van der Waals surface area contributed by atoms with E-state index in [2.05, 4.69) is 0 Å². The monoisotopic (exact) mass is 85.0 g/mol. The summed E-state index contributed by atoms with van der Waals surface area (Å²) >= 11 is 0. The van der Waals surface area contributed by atoms with Crippen LogP contribution in [0, 0.1) is 0 Å². The molecule has 0 heterocycles. The van der Waals surface area contributed by atoms with Crippen LogP contribution in [-0.2, 0) is 0 Å². The molecule has 2 N–H and O–H groups in total. The van der Waals surface area contributed by atoms with Crippen LogP contribution in [0.3, 0.4) is 0 Å². The van der Waals surface area contributed by atoms with Gasteiger partial charge in [0.1, 0.15) is 0 Å². The number of carbonyl (C=O) groups is 1. The Labute approximate surface area is 50.9 Å². The maximum absolute atomic E-state index is 8.56. The van der Waals surface area contributed by atoms with Crippen molar-refractivity contribution in [3.05, 3.63) is 0 Å². The summed E-state index contributed by atoms with van der Waals surface area (Å²) in [5.41, 5.74) is 0. The van der Waals surface area contributed by atoms with E-state index in [1.807, 2.05) is 0 Å². The van der Waals surface area contributed by atoms with Crippen LogP contribution >= 0.6 is 0 Å². The molecule has 0 aliphatic rings. The molecule has 0 unspecified atom stereocenters. The largest absolute Gasteiger partial charge is 0.503 e. The van der Waals surface area contributed by atoms with Crippen LogP contribution < -0.4 is 0 Å². The Balaban J connectivity index is 0. The fraction of sp³-hybridized carbons (Fsp3) is 0. The zero-order valence-corrected chi connectivity index (χ0v) is 4.80. The van der Waals surface area contributed by atoms with E-state index in [1.165, 1.54) is 0 Å². The van der Waals surface area contributed by atoms with Crippen LogP contribution in [0.1, 0.15) is 0 Å². The van der Waals surface area contributed by atoms with Crippen molar-refractivity contribution in [1.29, 1.82) is 0 Å². The van der Waals surface area contributed by atoms with Gasteiger partial charge in [0.05, 0.1) is 0 Å². The predicted molar refractivity (Wildman–Crippen MR) is 16.4 cm³/mol. The molecule has 5 heavy (non-hydrogen) atoms. The first-order chi connectivity index (χ1) is 1.73. The Kier molecular flexibility index (Phi) is 7.67. The second-order valence-electron chi connectivity index (χ2n) is 0.283. The van der Waals surface area contributed by atoms with Crippen molar-refractivity contribution in [3.63, 3.8) is 0 Å². The second-order valence-corrected chi connectivity index (χ2v) is 0.283. The number of carboxylic acid groups (broad SMARTS) is 2. The first-order valence-electron chi connectivity index (χ1n) is 0.651. The molecule has 0 aromatic carbocycles. The molecule has 0 bridgehead atoms. The summed E-state index contributed by atoms with van der Waals surface area (Å²) in [5, 5.41) is 13.9. The molecular formula is CH2NaO3. The van der Waals surface area contributed by atoms with Gasteiger partial charge in [-0.3, -0.25) is 0 Å². The molecule has 1 radical (unpaired) electrons. The van der Waals surface area contributed by atoms with Gasteiger partial charge in [-0.1, -0.05) is 0 Å². The minimum Gasteiger partial charge on any atom is -0.450 e. The minimum atomic E-state index is -1.83. The Hall–Kier alpha value is 0.270. The van der Waals surface area contributed by atoms with Gasteiger partial charge >= 0.3 is 6.16 Å². The SMILES string of the molecule is O=C(O)O.[Na]. The summed E-state index contributed by atoms with van der Waals surface area (Å²) in [5.74, 6) is 0. The normalized spacial score (nSPS) is 4.80. The fourth-order valence-electron chi connectivity index (χ4n) is 0. The molecule has 25 valence electrons. The molecule has 0 atom stereocenters. The number of hydrogen-bond donors (Lipinski definition) is 2. The third-order valence-corrected chi connectivity index (χ3v) is 0. The predicted octanol–water partition coefficient (Wildman–Crippen LogP) is -0.158. The minimum absolute atomic E-state index is 0. The zero-order chi connectivity index (χ0) is 3.58. The summed E-state index contributed by atoms with van der Waals surface area (Å²) in [4.78, 5) is 8.56. The van der Waals surface area contributed by atoms with E-state index in [0.717, 1.165) is 0 Å². The Morgan fingerprint density at radius 2 is 1.40 bits per heavy atom. The Bertz CT molecular complexity index is 29.9. The molecule has 0 spiro atoms. The average Bonchev–Trinajstić information content (AvgIpc) is 0.811.